The Hall–Kier alpha value is -1.17. The van der Waals surface area contributed by atoms with Crippen molar-refractivity contribution in [2.75, 3.05) is 38.1 Å². The van der Waals surface area contributed by atoms with Crippen LogP contribution in [0.4, 0.5) is 5.82 Å². The van der Waals surface area contributed by atoms with Crippen LogP contribution in [0.3, 0.4) is 0 Å². The minimum absolute atomic E-state index is 0.748. The van der Waals surface area contributed by atoms with Crippen LogP contribution in [0.1, 0.15) is 19.4 Å². The number of nitrogens with two attached hydrogens (primary N) is 1. The van der Waals surface area contributed by atoms with Crippen molar-refractivity contribution < 1.29 is 0 Å². The van der Waals surface area contributed by atoms with Crippen LogP contribution in [0, 0.1) is 5.92 Å². The van der Waals surface area contributed by atoms with Gasteiger partial charge in [-0.2, -0.15) is 0 Å². The molecule has 0 aliphatic carbocycles. The van der Waals surface area contributed by atoms with Crippen molar-refractivity contribution in [2.24, 2.45) is 11.8 Å². The molecule has 1 fully saturated rings. The van der Waals surface area contributed by atoms with Crippen LogP contribution in [0.5, 0.6) is 0 Å². The Balaban J connectivity index is 1.85. The molecule has 106 valence electrons. The maximum atomic E-state index is 5.49. The van der Waals surface area contributed by atoms with Crippen molar-refractivity contribution in [3.8, 4) is 0 Å². The van der Waals surface area contributed by atoms with Gasteiger partial charge in [-0.1, -0.05) is 19.9 Å². The first kappa shape index (κ1) is 14.2. The van der Waals surface area contributed by atoms with Crippen LogP contribution < -0.4 is 11.3 Å². The SMILES string of the molecule is CC(C)CN1CCN(Cc2cccnc2NN)CC1. The summed E-state index contributed by atoms with van der Waals surface area (Å²) in [4.78, 5) is 9.26. The van der Waals surface area contributed by atoms with Gasteiger partial charge in [-0.3, -0.25) is 4.90 Å². The molecule has 1 aliphatic heterocycles. The minimum Gasteiger partial charge on any atom is -0.308 e. The predicted octanol–water partition coefficient (Wildman–Crippen LogP) is 1.14. The van der Waals surface area contributed by atoms with E-state index in [4.69, 9.17) is 5.84 Å². The molecule has 0 aromatic carbocycles. The first-order valence-corrected chi connectivity index (χ1v) is 7.04. The number of piperazine rings is 1. The van der Waals surface area contributed by atoms with Gasteiger partial charge in [0.1, 0.15) is 5.82 Å². The molecule has 0 unspecified atom stereocenters. The van der Waals surface area contributed by atoms with Crippen LogP contribution in [0.15, 0.2) is 18.3 Å². The summed E-state index contributed by atoms with van der Waals surface area (Å²) in [6.07, 6.45) is 1.76. The number of anilines is 1. The second-order valence-electron chi connectivity index (χ2n) is 5.63. The lowest BCUT2D eigenvalue weighted by Gasteiger charge is -2.35. The lowest BCUT2D eigenvalue weighted by molar-refractivity contribution is 0.117. The van der Waals surface area contributed by atoms with Gasteiger partial charge in [0.15, 0.2) is 0 Å². The van der Waals surface area contributed by atoms with E-state index in [1.807, 2.05) is 6.07 Å². The maximum Gasteiger partial charge on any atom is 0.144 e. The zero-order valence-electron chi connectivity index (χ0n) is 12.0. The highest BCUT2D eigenvalue weighted by Gasteiger charge is 2.18. The molecule has 19 heavy (non-hydrogen) atoms. The number of nitrogen functional groups attached to an aromatic ring is 1. The number of hydrogen-bond acceptors (Lipinski definition) is 5. The van der Waals surface area contributed by atoms with Crippen LogP contribution >= 0.6 is 0 Å². The number of hydrogen-bond donors (Lipinski definition) is 2. The zero-order valence-corrected chi connectivity index (χ0v) is 12.0. The van der Waals surface area contributed by atoms with Gasteiger partial charge in [-0.05, 0) is 12.0 Å². The summed E-state index contributed by atoms with van der Waals surface area (Å²) >= 11 is 0. The van der Waals surface area contributed by atoms with Crippen LogP contribution in [0.25, 0.3) is 0 Å². The molecule has 1 aromatic heterocycles. The maximum absolute atomic E-state index is 5.49. The Morgan fingerprint density at radius 1 is 1.26 bits per heavy atom. The average Bonchev–Trinajstić information content (AvgIpc) is 2.41. The summed E-state index contributed by atoms with van der Waals surface area (Å²) in [6.45, 7) is 11.2. The number of rotatable bonds is 5. The summed E-state index contributed by atoms with van der Waals surface area (Å²) < 4.78 is 0. The quantitative estimate of drug-likeness (QED) is 0.616. The van der Waals surface area contributed by atoms with Gasteiger partial charge in [-0.15, -0.1) is 0 Å². The monoisotopic (exact) mass is 263 g/mol. The molecule has 0 saturated carbocycles. The molecule has 0 spiro atoms. The van der Waals surface area contributed by atoms with Gasteiger partial charge in [0.25, 0.3) is 0 Å². The standard InChI is InChI=1S/C14H25N5/c1-12(2)10-18-6-8-19(9-7-18)11-13-4-3-5-16-14(13)17-15/h3-5,12H,6-11,15H2,1-2H3,(H,16,17). The molecular formula is C14H25N5. The van der Waals surface area contributed by atoms with Crippen molar-refractivity contribution in [2.45, 2.75) is 20.4 Å². The van der Waals surface area contributed by atoms with E-state index in [0.29, 0.717) is 0 Å². The molecule has 0 bridgehead atoms. The molecule has 1 aromatic rings. The summed E-state index contributed by atoms with van der Waals surface area (Å²) in [6, 6.07) is 4.05. The minimum atomic E-state index is 0.748. The lowest BCUT2D eigenvalue weighted by atomic mass is 10.1. The van der Waals surface area contributed by atoms with Crippen LogP contribution in [0.2, 0.25) is 0 Å². The molecule has 0 atom stereocenters. The van der Waals surface area contributed by atoms with Gasteiger partial charge >= 0.3 is 0 Å². The predicted molar refractivity (Wildman–Crippen MR) is 78.6 cm³/mol. The van der Waals surface area contributed by atoms with Crippen LogP contribution in [-0.4, -0.2) is 47.5 Å². The largest absolute Gasteiger partial charge is 0.308 e. The number of pyridine rings is 1. The second kappa shape index (κ2) is 6.84. The highest BCUT2D eigenvalue weighted by molar-refractivity contribution is 5.42. The van der Waals surface area contributed by atoms with Gasteiger partial charge < -0.3 is 10.3 Å². The molecule has 2 rings (SSSR count). The molecule has 3 N–H and O–H groups in total. The third-order valence-electron chi connectivity index (χ3n) is 3.51. The van der Waals surface area contributed by atoms with Crippen molar-refractivity contribution >= 4 is 5.82 Å². The topological polar surface area (TPSA) is 57.4 Å². The Labute approximate surface area is 115 Å². The van der Waals surface area contributed by atoms with E-state index in [2.05, 4.69) is 40.1 Å². The highest BCUT2D eigenvalue weighted by Crippen LogP contribution is 2.14. The Bertz CT molecular complexity index is 385. The summed E-state index contributed by atoms with van der Waals surface area (Å²) in [5.74, 6) is 7.03. The smallest absolute Gasteiger partial charge is 0.144 e. The second-order valence-corrected chi connectivity index (χ2v) is 5.63. The van der Waals surface area contributed by atoms with Crippen LogP contribution in [-0.2, 0) is 6.54 Å². The number of nitrogens with zero attached hydrogens (tertiary/aromatic N) is 3. The Kier molecular flexibility index (Phi) is 5.13. The van der Waals surface area contributed by atoms with Gasteiger partial charge in [0, 0.05) is 51.0 Å². The number of aromatic nitrogens is 1. The van der Waals surface area contributed by atoms with Crippen molar-refractivity contribution in [3.05, 3.63) is 23.9 Å². The fourth-order valence-corrected chi connectivity index (χ4v) is 2.58. The number of hydrazine groups is 1. The summed E-state index contributed by atoms with van der Waals surface area (Å²) in [7, 11) is 0. The van der Waals surface area contributed by atoms with Crippen molar-refractivity contribution in [1.29, 1.82) is 0 Å². The Morgan fingerprint density at radius 3 is 2.58 bits per heavy atom. The van der Waals surface area contributed by atoms with E-state index in [1.54, 1.807) is 6.20 Å². The van der Waals surface area contributed by atoms with E-state index >= 15 is 0 Å². The van der Waals surface area contributed by atoms with Crippen molar-refractivity contribution in [3.63, 3.8) is 0 Å². The summed E-state index contributed by atoms with van der Waals surface area (Å²) in [5.41, 5.74) is 3.84. The van der Waals surface area contributed by atoms with E-state index < -0.39 is 0 Å². The fraction of sp³-hybridized carbons (Fsp3) is 0.643. The van der Waals surface area contributed by atoms with Gasteiger partial charge in [0.05, 0.1) is 0 Å². The molecule has 1 aliphatic rings. The Morgan fingerprint density at radius 2 is 1.95 bits per heavy atom. The van der Waals surface area contributed by atoms with E-state index in [9.17, 15) is 0 Å². The lowest BCUT2D eigenvalue weighted by Crippen LogP contribution is -2.46. The first-order valence-electron chi connectivity index (χ1n) is 7.04. The summed E-state index contributed by atoms with van der Waals surface area (Å²) in [5, 5.41) is 0. The fourth-order valence-electron chi connectivity index (χ4n) is 2.58. The normalized spacial score (nSPS) is 17.9. The molecule has 0 radical (unpaired) electrons. The molecular weight excluding hydrogens is 238 g/mol. The highest BCUT2D eigenvalue weighted by atomic mass is 15.3. The van der Waals surface area contributed by atoms with E-state index in [-0.39, 0.29) is 0 Å². The van der Waals surface area contributed by atoms with E-state index in [0.717, 1.165) is 44.5 Å². The molecule has 5 heteroatoms. The third-order valence-corrected chi connectivity index (χ3v) is 3.51. The van der Waals surface area contributed by atoms with E-state index in [1.165, 1.54) is 12.1 Å². The first-order chi connectivity index (χ1) is 9.19. The van der Waals surface area contributed by atoms with Gasteiger partial charge in [0.2, 0.25) is 0 Å². The average molecular weight is 263 g/mol. The molecule has 1 saturated heterocycles. The number of nitrogens with one attached hydrogen (secondary N) is 1. The molecule has 5 nitrogen and oxygen atoms in total. The van der Waals surface area contributed by atoms with Crippen molar-refractivity contribution in [1.82, 2.24) is 14.8 Å². The molecule has 0 amide bonds. The third kappa shape index (κ3) is 4.16. The molecule has 2 heterocycles. The zero-order chi connectivity index (χ0) is 13.7. The van der Waals surface area contributed by atoms with Gasteiger partial charge in [-0.25, -0.2) is 10.8 Å².